The largest absolute Gasteiger partial charge is 0.369 e. The molecule has 0 saturated carbocycles. The van der Waals surface area contributed by atoms with E-state index in [4.69, 9.17) is 5.73 Å². The standard InChI is InChI=1S/C10H13FN2O/c1-7(13-6-10(12)14)8-4-2-3-5-9(8)11/h2-5,7,13H,6H2,1H3,(H2,12,14). The maximum absolute atomic E-state index is 13.2. The van der Waals surface area contributed by atoms with Crippen LogP contribution in [0.1, 0.15) is 18.5 Å². The molecule has 0 aliphatic rings. The lowest BCUT2D eigenvalue weighted by molar-refractivity contribution is -0.117. The Morgan fingerprint density at radius 2 is 2.21 bits per heavy atom. The van der Waals surface area contributed by atoms with Crippen molar-refractivity contribution in [2.75, 3.05) is 6.54 Å². The van der Waals surface area contributed by atoms with Gasteiger partial charge in [-0.25, -0.2) is 4.39 Å². The molecule has 0 heterocycles. The van der Waals surface area contributed by atoms with Gasteiger partial charge in [-0.3, -0.25) is 4.79 Å². The summed E-state index contributed by atoms with van der Waals surface area (Å²) in [4.78, 5) is 10.5. The molecule has 0 bridgehead atoms. The number of benzene rings is 1. The second-order valence-electron chi connectivity index (χ2n) is 3.09. The van der Waals surface area contributed by atoms with Crippen molar-refractivity contribution in [3.63, 3.8) is 0 Å². The molecule has 14 heavy (non-hydrogen) atoms. The molecule has 4 heteroatoms. The molecule has 1 amide bonds. The quantitative estimate of drug-likeness (QED) is 0.753. The average molecular weight is 196 g/mol. The van der Waals surface area contributed by atoms with Gasteiger partial charge in [-0.1, -0.05) is 18.2 Å². The van der Waals surface area contributed by atoms with Gasteiger partial charge in [0.05, 0.1) is 6.54 Å². The smallest absolute Gasteiger partial charge is 0.231 e. The summed E-state index contributed by atoms with van der Waals surface area (Å²) in [6.45, 7) is 1.83. The molecule has 0 aromatic heterocycles. The van der Waals surface area contributed by atoms with E-state index >= 15 is 0 Å². The molecule has 1 aromatic rings. The first-order valence-corrected chi connectivity index (χ1v) is 4.37. The number of nitrogens with two attached hydrogens (primary N) is 1. The van der Waals surface area contributed by atoms with Crippen molar-refractivity contribution in [3.8, 4) is 0 Å². The van der Waals surface area contributed by atoms with E-state index in [0.29, 0.717) is 5.56 Å². The first-order valence-electron chi connectivity index (χ1n) is 4.37. The molecule has 1 rings (SSSR count). The van der Waals surface area contributed by atoms with Gasteiger partial charge in [0, 0.05) is 11.6 Å². The molecule has 3 N–H and O–H groups in total. The molecule has 0 aliphatic carbocycles. The number of hydrogen-bond donors (Lipinski definition) is 2. The molecule has 0 aliphatic heterocycles. The highest BCUT2D eigenvalue weighted by molar-refractivity contribution is 5.75. The van der Waals surface area contributed by atoms with Crippen LogP contribution >= 0.6 is 0 Å². The number of hydrogen-bond acceptors (Lipinski definition) is 2. The van der Waals surface area contributed by atoms with E-state index in [1.165, 1.54) is 6.07 Å². The van der Waals surface area contributed by atoms with Gasteiger partial charge in [0.2, 0.25) is 5.91 Å². The fourth-order valence-corrected chi connectivity index (χ4v) is 1.19. The Hall–Kier alpha value is -1.42. The SMILES string of the molecule is CC(NCC(N)=O)c1ccccc1F. The number of carbonyl (C=O) groups is 1. The molecule has 1 aromatic carbocycles. The third kappa shape index (κ3) is 2.81. The van der Waals surface area contributed by atoms with E-state index < -0.39 is 5.91 Å². The molecule has 76 valence electrons. The van der Waals surface area contributed by atoms with Crippen LogP contribution in [0, 0.1) is 5.82 Å². The Morgan fingerprint density at radius 3 is 2.79 bits per heavy atom. The van der Waals surface area contributed by atoms with Crippen molar-refractivity contribution in [3.05, 3.63) is 35.6 Å². The first kappa shape index (κ1) is 10.7. The highest BCUT2D eigenvalue weighted by Gasteiger charge is 2.09. The fourth-order valence-electron chi connectivity index (χ4n) is 1.19. The summed E-state index contributed by atoms with van der Waals surface area (Å²) in [5.41, 5.74) is 5.50. The Balaban J connectivity index is 2.65. The maximum atomic E-state index is 13.2. The molecule has 0 saturated heterocycles. The zero-order valence-corrected chi connectivity index (χ0v) is 7.96. The molecular formula is C10H13FN2O. The van der Waals surface area contributed by atoms with Gasteiger partial charge in [-0.15, -0.1) is 0 Å². The zero-order chi connectivity index (χ0) is 10.6. The number of amides is 1. The van der Waals surface area contributed by atoms with Crippen molar-refractivity contribution in [1.29, 1.82) is 0 Å². The Morgan fingerprint density at radius 1 is 1.57 bits per heavy atom. The summed E-state index contributed by atoms with van der Waals surface area (Å²) < 4.78 is 13.2. The Kier molecular flexibility index (Phi) is 3.59. The summed E-state index contributed by atoms with van der Waals surface area (Å²) in [5.74, 6) is -0.731. The van der Waals surface area contributed by atoms with E-state index in [1.54, 1.807) is 25.1 Å². The van der Waals surface area contributed by atoms with E-state index in [9.17, 15) is 9.18 Å². The highest BCUT2D eigenvalue weighted by atomic mass is 19.1. The predicted molar refractivity (Wildman–Crippen MR) is 52.0 cm³/mol. The van der Waals surface area contributed by atoms with Gasteiger partial charge in [0.1, 0.15) is 5.82 Å². The summed E-state index contributed by atoms with van der Waals surface area (Å²) >= 11 is 0. The average Bonchev–Trinajstić information content (AvgIpc) is 2.15. The minimum Gasteiger partial charge on any atom is -0.369 e. The van der Waals surface area contributed by atoms with Crippen molar-refractivity contribution in [1.82, 2.24) is 5.32 Å². The number of rotatable bonds is 4. The van der Waals surface area contributed by atoms with Gasteiger partial charge in [0.15, 0.2) is 0 Å². The Bertz CT molecular complexity index is 328. The number of nitrogens with one attached hydrogen (secondary N) is 1. The van der Waals surface area contributed by atoms with Gasteiger partial charge >= 0.3 is 0 Å². The number of carbonyl (C=O) groups excluding carboxylic acids is 1. The Labute approximate surface area is 82.1 Å². The topological polar surface area (TPSA) is 55.1 Å². The minimum absolute atomic E-state index is 0.0511. The van der Waals surface area contributed by atoms with Crippen molar-refractivity contribution >= 4 is 5.91 Å². The third-order valence-corrected chi connectivity index (χ3v) is 1.95. The van der Waals surface area contributed by atoms with Crippen molar-refractivity contribution < 1.29 is 9.18 Å². The molecule has 0 fully saturated rings. The molecule has 3 nitrogen and oxygen atoms in total. The number of halogens is 1. The maximum Gasteiger partial charge on any atom is 0.231 e. The van der Waals surface area contributed by atoms with Gasteiger partial charge in [0.25, 0.3) is 0 Å². The van der Waals surface area contributed by atoms with Crippen LogP contribution in [-0.2, 0) is 4.79 Å². The lowest BCUT2D eigenvalue weighted by Gasteiger charge is -2.13. The third-order valence-electron chi connectivity index (χ3n) is 1.95. The van der Waals surface area contributed by atoms with E-state index in [-0.39, 0.29) is 18.4 Å². The zero-order valence-electron chi connectivity index (χ0n) is 7.96. The normalized spacial score (nSPS) is 12.4. The molecule has 0 spiro atoms. The van der Waals surface area contributed by atoms with E-state index in [0.717, 1.165) is 0 Å². The summed E-state index contributed by atoms with van der Waals surface area (Å²) in [6, 6.07) is 6.22. The van der Waals surface area contributed by atoms with Crippen molar-refractivity contribution in [2.45, 2.75) is 13.0 Å². The van der Waals surface area contributed by atoms with Crippen LogP contribution in [0.2, 0.25) is 0 Å². The first-order chi connectivity index (χ1) is 6.61. The minimum atomic E-state index is -0.451. The second kappa shape index (κ2) is 4.72. The van der Waals surface area contributed by atoms with Crippen LogP contribution in [0.5, 0.6) is 0 Å². The van der Waals surface area contributed by atoms with Gasteiger partial charge in [-0.2, -0.15) is 0 Å². The van der Waals surface area contributed by atoms with Crippen LogP contribution < -0.4 is 11.1 Å². The van der Waals surface area contributed by atoms with Crippen molar-refractivity contribution in [2.24, 2.45) is 5.73 Å². The number of primary amides is 1. The van der Waals surface area contributed by atoms with Crippen LogP contribution in [0.3, 0.4) is 0 Å². The summed E-state index contributed by atoms with van der Waals surface area (Å²) in [5, 5.41) is 2.82. The molecule has 1 unspecified atom stereocenters. The van der Waals surface area contributed by atoms with Crippen LogP contribution in [0.15, 0.2) is 24.3 Å². The van der Waals surface area contributed by atoms with Crippen LogP contribution in [-0.4, -0.2) is 12.5 Å². The van der Waals surface area contributed by atoms with Gasteiger partial charge < -0.3 is 11.1 Å². The predicted octanol–water partition coefficient (Wildman–Crippen LogP) is 0.962. The monoisotopic (exact) mass is 196 g/mol. The van der Waals surface area contributed by atoms with Crippen LogP contribution in [0.4, 0.5) is 4.39 Å². The molecular weight excluding hydrogens is 183 g/mol. The fraction of sp³-hybridized carbons (Fsp3) is 0.300. The van der Waals surface area contributed by atoms with Crippen LogP contribution in [0.25, 0.3) is 0 Å². The lowest BCUT2D eigenvalue weighted by atomic mass is 10.1. The second-order valence-corrected chi connectivity index (χ2v) is 3.09. The highest BCUT2D eigenvalue weighted by Crippen LogP contribution is 2.15. The van der Waals surface area contributed by atoms with E-state index in [1.807, 2.05) is 0 Å². The summed E-state index contributed by atoms with van der Waals surface area (Å²) in [6.07, 6.45) is 0. The van der Waals surface area contributed by atoms with Gasteiger partial charge in [-0.05, 0) is 13.0 Å². The summed E-state index contributed by atoms with van der Waals surface area (Å²) in [7, 11) is 0. The molecule has 0 radical (unpaired) electrons. The van der Waals surface area contributed by atoms with E-state index in [2.05, 4.69) is 5.32 Å². The lowest BCUT2D eigenvalue weighted by Crippen LogP contribution is -2.30. The molecule has 1 atom stereocenters.